The van der Waals surface area contributed by atoms with Crippen LogP contribution in [-0.4, -0.2) is 39.7 Å². The molecule has 0 aliphatic heterocycles. The third-order valence-electron chi connectivity index (χ3n) is 2.49. The Hall–Kier alpha value is -1.96. The summed E-state index contributed by atoms with van der Waals surface area (Å²) in [7, 11) is 2.87. The molecule has 0 aliphatic rings. The number of nitrogens with zero attached hydrogens (tertiary/aromatic N) is 3. The number of fused-ring (bicyclic) bond motifs is 1. The minimum Gasteiger partial charge on any atom is -0.479 e. The van der Waals surface area contributed by atoms with Gasteiger partial charge in [-0.15, -0.1) is 0 Å². The lowest BCUT2D eigenvalue weighted by Crippen LogP contribution is -2.07. The van der Waals surface area contributed by atoms with Gasteiger partial charge in [0.1, 0.15) is 11.8 Å². The normalized spacial score (nSPS) is 10.6. The molecule has 7 nitrogen and oxygen atoms in total. The molecule has 0 radical (unpaired) electrons. The summed E-state index contributed by atoms with van der Waals surface area (Å²) in [5, 5.41) is 0. The Morgan fingerprint density at radius 1 is 1.50 bits per heavy atom. The first-order valence-electron chi connectivity index (χ1n) is 5.21. The summed E-state index contributed by atoms with van der Waals surface area (Å²) in [6.07, 6.45) is 1.61. The molecule has 0 spiro atoms. The van der Waals surface area contributed by atoms with Gasteiger partial charge in [-0.05, 0) is 12.2 Å². The van der Waals surface area contributed by atoms with Crippen LogP contribution in [0.1, 0.15) is 6.42 Å². The fraction of sp³-hybridized carbons (Fsp3) is 0.400. The summed E-state index contributed by atoms with van der Waals surface area (Å²) < 4.78 is 11.9. The van der Waals surface area contributed by atoms with Gasteiger partial charge in [0.05, 0.1) is 20.6 Å². The predicted molar refractivity (Wildman–Crippen MR) is 65.9 cm³/mol. The van der Waals surface area contributed by atoms with E-state index in [1.165, 1.54) is 20.5 Å². The number of methoxy groups -OCH3 is 2. The number of esters is 1. The van der Waals surface area contributed by atoms with E-state index in [1.54, 1.807) is 4.57 Å². The lowest BCUT2D eigenvalue weighted by atomic mass is 10.4. The molecule has 0 unspecified atom stereocenters. The number of rotatable bonds is 4. The van der Waals surface area contributed by atoms with E-state index < -0.39 is 0 Å². The van der Waals surface area contributed by atoms with Gasteiger partial charge in [-0.3, -0.25) is 4.79 Å². The highest BCUT2D eigenvalue weighted by atomic mass is 32.1. The van der Waals surface area contributed by atoms with Crippen LogP contribution in [0.25, 0.3) is 11.2 Å². The van der Waals surface area contributed by atoms with Gasteiger partial charge in [0.25, 0.3) is 0 Å². The van der Waals surface area contributed by atoms with Crippen molar-refractivity contribution in [1.82, 2.24) is 19.5 Å². The third-order valence-corrected chi connectivity index (χ3v) is 2.81. The van der Waals surface area contributed by atoms with Gasteiger partial charge < -0.3 is 19.0 Å². The number of carbonyl (C=O) groups excluding carboxylic acids is 1. The quantitative estimate of drug-likeness (QED) is 0.659. The number of imidazole rings is 1. The largest absolute Gasteiger partial charge is 0.479 e. The van der Waals surface area contributed by atoms with Crippen LogP contribution >= 0.6 is 12.2 Å². The second-order valence-corrected chi connectivity index (χ2v) is 3.88. The van der Waals surface area contributed by atoms with E-state index in [-0.39, 0.29) is 12.4 Å². The fourth-order valence-electron chi connectivity index (χ4n) is 1.61. The maximum atomic E-state index is 11.1. The fourth-order valence-corrected chi connectivity index (χ4v) is 1.89. The van der Waals surface area contributed by atoms with Gasteiger partial charge in [0, 0.05) is 6.54 Å². The first-order chi connectivity index (χ1) is 8.67. The second-order valence-electron chi connectivity index (χ2n) is 3.49. The zero-order chi connectivity index (χ0) is 13.1. The van der Waals surface area contributed by atoms with Gasteiger partial charge in [0.2, 0.25) is 5.88 Å². The molecule has 0 aliphatic carbocycles. The van der Waals surface area contributed by atoms with Crippen LogP contribution in [0.15, 0.2) is 6.33 Å². The minimum absolute atomic E-state index is 0.226. The zero-order valence-electron chi connectivity index (χ0n) is 9.97. The number of hydrogen-bond donors (Lipinski definition) is 1. The first kappa shape index (κ1) is 12.5. The molecule has 0 amide bonds. The molecule has 2 rings (SSSR count). The molecule has 0 saturated heterocycles. The minimum atomic E-state index is -0.299. The Balaban J connectivity index is 2.42. The molecular weight excluding hydrogens is 256 g/mol. The van der Waals surface area contributed by atoms with Crippen LogP contribution in [0.5, 0.6) is 5.88 Å². The zero-order valence-corrected chi connectivity index (χ0v) is 10.8. The Morgan fingerprint density at radius 3 is 2.94 bits per heavy atom. The topological polar surface area (TPSA) is 82.0 Å². The SMILES string of the molecule is COC(=O)CCn1c(=S)[nH]c2c(OC)ncnc21. The van der Waals surface area contributed by atoms with Crippen molar-refractivity contribution in [3.63, 3.8) is 0 Å². The maximum absolute atomic E-state index is 11.1. The van der Waals surface area contributed by atoms with Crippen LogP contribution in [0.2, 0.25) is 0 Å². The monoisotopic (exact) mass is 268 g/mol. The Labute approximate surface area is 108 Å². The standard InChI is InChI=1S/C10H12N4O3S/c1-16-6(15)3-4-14-8-7(13-10(14)18)9(17-2)12-5-11-8/h5H,3-4H2,1-2H3,(H,13,18). The van der Waals surface area contributed by atoms with Crippen LogP contribution in [0, 0.1) is 4.77 Å². The number of H-pyrrole nitrogens is 1. The number of aryl methyl sites for hydroxylation is 1. The summed E-state index contributed by atoms with van der Waals surface area (Å²) in [5.74, 6) is 0.121. The molecule has 2 heterocycles. The average Bonchev–Trinajstić information content (AvgIpc) is 2.71. The van der Waals surface area contributed by atoms with E-state index in [0.29, 0.717) is 28.4 Å². The van der Waals surface area contributed by atoms with Crippen molar-refractivity contribution in [2.45, 2.75) is 13.0 Å². The van der Waals surface area contributed by atoms with Crippen molar-refractivity contribution in [3.8, 4) is 5.88 Å². The van der Waals surface area contributed by atoms with Crippen molar-refractivity contribution < 1.29 is 14.3 Å². The Morgan fingerprint density at radius 2 is 2.28 bits per heavy atom. The predicted octanol–water partition coefficient (Wildman–Crippen LogP) is 1.06. The van der Waals surface area contributed by atoms with Gasteiger partial charge in [-0.1, -0.05) is 0 Å². The number of aromatic amines is 1. The smallest absolute Gasteiger partial charge is 0.307 e. The molecule has 96 valence electrons. The third kappa shape index (κ3) is 2.19. The van der Waals surface area contributed by atoms with Gasteiger partial charge >= 0.3 is 5.97 Å². The summed E-state index contributed by atoms with van der Waals surface area (Å²) in [6.45, 7) is 0.395. The number of ether oxygens (including phenoxy) is 2. The summed E-state index contributed by atoms with van der Waals surface area (Å²) >= 11 is 5.18. The number of nitrogens with one attached hydrogen (secondary N) is 1. The molecule has 2 aromatic heterocycles. The molecule has 2 aromatic rings. The first-order valence-corrected chi connectivity index (χ1v) is 5.62. The second kappa shape index (κ2) is 5.13. The molecule has 0 fully saturated rings. The van der Waals surface area contributed by atoms with Crippen molar-refractivity contribution in [3.05, 3.63) is 11.1 Å². The number of hydrogen-bond acceptors (Lipinski definition) is 6. The van der Waals surface area contributed by atoms with E-state index >= 15 is 0 Å². The van der Waals surface area contributed by atoms with Crippen molar-refractivity contribution in [2.75, 3.05) is 14.2 Å². The van der Waals surface area contributed by atoms with Gasteiger partial charge in [0.15, 0.2) is 10.4 Å². The number of carbonyl (C=O) groups is 1. The van der Waals surface area contributed by atoms with Crippen LogP contribution < -0.4 is 4.74 Å². The van der Waals surface area contributed by atoms with Crippen molar-refractivity contribution in [2.24, 2.45) is 0 Å². The summed E-state index contributed by atoms with van der Waals surface area (Å²) in [4.78, 5) is 22.2. The highest BCUT2D eigenvalue weighted by molar-refractivity contribution is 7.71. The molecule has 0 saturated carbocycles. The summed E-state index contributed by atoms with van der Waals surface area (Å²) in [5.41, 5.74) is 1.23. The van der Waals surface area contributed by atoms with Gasteiger partial charge in [-0.2, -0.15) is 4.98 Å². The molecule has 0 bridgehead atoms. The van der Waals surface area contributed by atoms with E-state index in [1.807, 2.05) is 0 Å². The lowest BCUT2D eigenvalue weighted by Gasteiger charge is -2.03. The molecule has 8 heteroatoms. The maximum Gasteiger partial charge on any atom is 0.307 e. The molecule has 0 aromatic carbocycles. The van der Waals surface area contributed by atoms with Crippen LogP contribution in [0.3, 0.4) is 0 Å². The highest BCUT2D eigenvalue weighted by Gasteiger charge is 2.12. The van der Waals surface area contributed by atoms with E-state index in [0.717, 1.165) is 0 Å². The molecule has 1 N–H and O–H groups in total. The summed E-state index contributed by atoms with van der Waals surface area (Å²) in [6, 6.07) is 0. The molecular formula is C10H12N4O3S. The van der Waals surface area contributed by atoms with Crippen molar-refractivity contribution in [1.29, 1.82) is 0 Å². The molecule has 18 heavy (non-hydrogen) atoms. The Bertz CT molecular complexity index is 634. The van der Waals surface area contributed by atoms with E-state index in [2.05, 4.69) is 19.7 Å². The number of aromatic nitrogens is 4. The lowest BCUT2D eigenvalue weighted by molar-refractivity contribution is -0.140. The van der Waals surface area contributed by atoms with E-state index in [9.17, 15) is 4.79 Å². The van der Waals surface area contributed by atoms with Crippen LogP contribution in [-0.2, 0) is 16.1 Å². The molecule has 0 atom stereocenters. The van der Waals surface area contributed by atoms with Crippen molar-refractivity contribution >= 4 is 29.4 Å². The Kier molecular flexibility index (Phi) is 3.56. The van der Waals surface area contributed by atoms with E-state index in [4.69, 9.17) is 17.0 Å². The average molecular weight is 268 g/mol. The highest BCUT2D eigenvalue weighted by Crippen LogP contribution is 2.20. The van der Waals surface area contributed by atoms with Gasteiger partial charge in [-0.25, -0.2) is 4.98 Å². The van der Waals surface area contributed by atoms with Crippen LogP contribution in [0.4, 0.5) is 0 Å².